The van der Waals surface area contributed by atoms with Crippen LogP contribution in [-0.4, -0.2) is 26.6 Å². The molecule has 0 aliphatic rings. The number of amides is 1. The highest BCUT2D eigenvalue weighted by Gasteiger charge is 2.28. The normalized spacial score (nSPS) is 13.1. The number of rotatable bonds is 3. The minimum absolute atomic E-state index is 0.0952. The molecular weight excluding hydrogens is 228 g/mol. The summed E-state index contributed by atoms with van der Waals surface area (Å²) in [6.45, 7) is 1.35. The molecule has 0 aliphatic carbocycles. The molecule has 1 aromatic carbocycles. The van der Waals surface area contributed by atoms with E-state index in [9.17, 15) is 13.2 Å². The summed E-state index contributed by atoms with van der Waals surface area (Å²) in [6, 6.07) is 5.77. The number of benzene rings is 1. The van der Waals surface area contributed by atoms with Crippen LogP contribution in [0, 0.1) is 0 Å². The molecule has 1 rings (SSSR count). The first-order valence-electron chi connectivity index (χ1n) is 4.70. The SMILES string of the molecule is CNC(=O)C(C)S(=O)(=O)c1ccc(N)cc1. The van der Waals surface area contributed by atoms with E-state index in [-0.39, 0.29) is 4.90 Å². The van der Waals surface area contributed by atoms with Gasteiger partial charge in [-0.2, -0.15) is 0 Å². The monoisotopic (exact) mass is 242 g/mol. The molecular formula is C10H14N2O3S. The van der Waals surface area contributed by atoms with Gasteiger partial charge in [-0.25, -0.2) is 8.42 Å². The number of nitrogens with two attached hydrogens (primary N) is 1. The molecule has 6 heteroatoms. The predicted octanol–water partition coefficient (Wildman–Crippen LogP) is 0.177. The molecule has 1 amide bonds. The number of nitrogens with one attached hydrogen (secondary N) is 1. The highest BCUT2D eigenvalue weighted by atomic mass is 32.2. The van der Waals surface area contributed by atoms with Gasteiger partial charge in [0.25, 0.3) is 0 Å². The molecule has 1 aromatic rings. The molecule has 0 spiro atoms. The zero-order valence-electron chi connectivity index (χ0n) is 9.10. The molecule has 0 bridgehead atoms. The van der Waals surface area contributed by atoms with Crippen LogP contribution in [0.25, 0.3) is 0 Å². The van der Waals surface area contributed by atoms with Crippen LogP contribution in [0.2, 0.25) is 0 Å². The maximum atomic E-state index is 11.9. The van der Waals surface area contributed by atoms with Gasteiger partial charge in [0, 0.05) is 12.7 Å². The van der Waals surface area contributed by atoms with E-state index in [0.717, 1.165) is 0 Å². The van der Waals surface area contributed by atoms with E-state index in [0.29, 0.717) is 5.69 Å². The third-order valence-electron chi connectivity index (χ3n) is 2.29. The smallest absolute Gasteiger partial charge is 0.238 e. The van der Waals surface area contributed by atoms with Gasteiger partial charge in [-0.15, -0.1) is 0 Å². The average Bonchev–Trinajstić information content (AvgIpc) is 2.27. The molecule has 0 fully saturated rings. The summed E-state index contributed by atoms with van der Waals surface area (Å²) in [6.07, 6.45) is 0. The molecule has 1 unspecified atom stereocenters. The zero-order chi connectivity index (χ0) is 12.3. The fourth-order valence-corrected chi connectivity index (χ4v) is 2.53. The quantitative estimate of drug-likeness (QED) is 0.740. The van der Waals surface area contributed by atoms with Gasteiger partial charge in [0.2, 0.25) is 5.91 Å². The van der Waals surface area contributed by atoms with Crippen LogP contribution in [0.3, 0.4) is 0 Å². The minimum Gasteiger partial charge on any atom is -0.399 e. The molecule has 16 heavy (non-hydrogen) atoms. The predicted molar refractivity (Wildman–Crippen MR) is 61.6 cm³/mol. The Morgan fingerprint density at radius 1 is 1.31 bits per heavy atom. The van der Waals surface area contributed by atoms with Gasteiger partial charge >= 0.3 is 0 Å². The van der Waals surface area contributed by atoms with Gasteiger partial charge in [0.05, 0.1) is 4.90 Å². The molecule has 0 radical (unpaired) electrons. The summed E-state index contributed by atoms with van der Waals surface area (Å²) >= 11 is 0. The van der Waals surface area contributed by atoms with Crippen molar-refractivity contribution in [1.29, 1.82) is 0 Å². The summed E-state index contributed by atoms with van der Waals surface area (Å²) in [4.78, 5) is 11.4. The minimum atomic E-state index is -3.63. The Morgan fingerprint density at radius 2 is 1.81 bits per heavy atom. The Balaban J connectivity index is 3.12. The van der Waals surface area contributed by atoms with E-state index >= 15 is 0 Å². The molecule has 0 aromatic heterocycles. The van der Waals surface area contributed by atoms with E-state index in [2.05, 4.69) is 5.32 Å². The lowest BCUT2D eigenvalue weighted by atomic mass is 10.3. The fourth-order valence-electron chi connectivity index (χ4n) is 1.21. The van der Waals surface area contributed by atoms with Crippen LogP contribution in [0.5, 0.6) is 0 Å². The van der Waals surface area contributed by atoms with E-state index in [1.807, 2.05) is 0 Å². The van der Waals surface area contributed by atoms with Crippen molar-refractivity contribution in [2.75, 3.05) is 12.8 Å². The van der Waals surface area contributed by atoms with Crippen LogP contribution in [0.4, 0.5) is 5.69 Å². The van der Waals surface area contributed by atoms with Gasteiger partial charge < -0.3 is 11.1 Å². The standard InChI is InChI=1S/C10H14N2O3S/c1-7(10(13)12-2)16(14,15)9-5-3-8(11)4-6-9/h3-7H,11H2,1-2H3,(H,12,13). The number of carbonyl (C=O) groups excluding carboxylic acids is 1. The largest absolute Gasteiger partial charge is 0.399 e. The van der Waals surface area contributed by atoms with Crippen molar-refractivity contribution in [1.82, 2.24) is 5.32 Å². The second-order valence-electron chi connectivity index (χ2n) is 3.37. The first-order chi connectivity index (χ1) is 7.39. The molecule has 0 saturated carbocycles. The summed E-state index contributed by atoms with van der Waals surface area (Å²) in [5.74, 6) is -0.531. The van der Waals surface area contributed by atoms with Gasteiger partial charge in [-0.05, 0) is 31.2 Å². The molecule has 0 saturated heterocycles. The van der Waals surface area contributed by atoms with Crippen LogP contribution < -0.4 is 11.1 Å². The van der Waals surface area contributed by atoms with Crippen molar-refractivity contribution in [3.63, 3.8) is 0 Å². The van der Waals surface area contributed by atoms with Gasteiger partial charge in [0.15, 0.2) is 9.84 Å². The van der Waals surface area contributed by atoms with E-state index in [4.69, 9.17) is 5.73 Å². The van der Waals surface area contributed by atoms with Crippen molar-refractivity contribution in [3.05, 3.63) is 24.3 Å². The lowest BCUT2D eigenvalue weighted by Gasteiger charge is -2.11. The van der Waals surface area contributed by atoms with Crippen molar-refractivity contribution >= 4 is 21.4 Å². The Bertz CT molecular complexity index is 479. The van der Waals surface area contributed by atoms with Crippen molar-refractivity contribution < 1.29 is 13.2 Å². The Morgan fingerprint density at radius 3 is 2.25 bits per heavy atom. The fraction of sp³-hybridized carbons (Fsp3) is 0.300. The second-order valence-corrected chi connectivity index (χ2v) is 5.64. The second kappa shape index (κ2) is 4.52. The van der Waals surface area contributed by atoms with Crippen LogP contribution in [-0.2, 0) is 14.6 Å². The van der Waals surface area contributed by atoms with E-state index in [1.165, 1.54) is 38.2 Å². The van der Waals surface area contributed by atoms with E-state index in [1.54, 1.807) is 0 Å². The van der Waals surface area contributed by atoms with Crippen LogP contribution in [0.1, 0.15) is 6.92 Å². The summed E-state index contributed by atoms with van der Waals surface area (Å²) in [7, 11) is -2.23. The Kier molecular flexibility index (Phi) is 3.54. The van der Waals surface area contributed by atoms with Gasteiger partial charge in [-0.1, -0.05) is 0 Å². The number of nitrogen functional groups attached to an aromatic ring is 1. The van der Waals surface area contributed by atoms with Crippen LogP contribution in [0.15, 0.2) is 29.2 Å². The number of hydrogen-bond donors (Lipinski definition) is 2. The number of hydrogen-bond acceptors (Lipinski definition) is 4. The van der Waals surface area contributed by atoms with Gasteiger partial charge in [-0.3, -0.25) is 4.79 Å². The molecule has 88 valence electrons. The number of anilines is 1. The first-order valence-corrected chi connectivity index (χ1v) is 6.25. The highest BCUT2D eigenvalue weighted by molar-refractivity contribution is 7.92. The van der Waals surface area contributed by atoms with Gasteiger partial charge in [0.1, 0.15) is 5.25 Å². The van der Waals surface area contributed by atoms with E-state index < -0.39 is 21.0 Å². The molecule has 3 N–H and O–H groups in total. The summed E-state index contributed by atoms with van der Waals surface area (Å²) in [5.41, 5.74) is 5.94. The number of carbonyl (C=O) groups is 1. The maximum absolute atomic E-state index is 11.9. The zero-order valence-corrected chi connectivity index (χ0v) is 9.91. The summed E-state index contributed by atoms with van der Waals surface area (Å²) in [5, 5.41) is 1.20. The average molecular weight is 242 g/mol. The van der Waals surface area contributed by atoms with Crippen molar-refractivity contribution in [2.24, 2.45) is 0 Å². The first kappa shape index (κ1) is 12.5. The van der Waals surface area contributed by atoms with Crippen molar-refractivity contribution in [2.45, 2.75) is 17.1 Å². The lowest BCUT2D eigenvalue weighted by molar-refractivity contribution is -0.119. The lowest BCUT2D eigenvalue weighted by Crippen LogP contribution is -2.35. The van der Waals surface area contributed by atoms with Crippen molar-refractivity contribution in [3.8, 4) is 0 Å². The topological polar surface area (TPSA) is 89.3 Å². The third kappa shape index (κ3) is 2.33. The maximum Gasteiger partial charge on any atom is 0.238 e. The van der Waals surface area contributed by atoms with Crippen LogP contribution >= 0.6 is 0 Å². The Hall–Kier alpha value is -1.56. The summed E-state index contributed by atoms with van der Waals surface area (Å²) < 4.78 is 23.9. The molecule has 1 atom stereocenters. The Labute approximate surface area is 94.6 Å². The third-order valence-corrected chi connectivity index (χ3v) is 4.36. The molecule has 0 heterocycles. The number of sulfone groups is 1. The molecule has 5 nitrogen and oxygen atoms in total. The molecule has 0 aliphatic heterocycles. The highest BCUT2D eigenvalue weighted by Crippen LogP contribution is 2.17.